The van der Waals surface area contributed by atoms with Crippen LogP contribution in [0.3, 0.4) is 0 Å². The summed E-state index contributed by atoms with van der Waals surface area (Å²) in [4.78, 5) is 2.57. The van der Waals surface area contributed by atoms with Gasteiger partial charge in [0.05, 0.1) is 19.1 Å². The van der Waals surface area contributed by atoms with E-state index < -0.39 is 29.6 Å². The van der Waals surface area contributed by atoms with Crippen molar-refractivity contribution in [3.63, 3.8) is 0 Å². The quantitative estimate of drug-likeness (QED) is 0.517. The lowest BCUT2D eigenvalue weighted by Crippen LogP contribution is -2.01. The third-order valence-corrected chi connectivity index (χ3v) is 2.02. The fraction of sp³-hybridized carbons (Fsp3) is 0.200. The fourth-order valence-electron chi connectivity index (χ4n) is 1.19. The third kappa shape index (κ3) is 1.64. The Morgan fingerprint density at radius 2 is 1.87 bits per heavy atom. The largest absolute Gasteiger partial charge is 0.260 e. The fourth-order valence-corrected chi connectivity index (χ4v) is 1.19. The highest BCUT2D eigenvalue weighted by molar-refractivity contribution is 5.53. The van der Waals surface area contributed by atoms with Crippen molar-refractivity contribution < 1.29 is 13.2 Å². The molecule has 0 N–H and O–H groups in total. The molecule has 0 saturated carbocycles. The number of hydrogen-bond donors (Lipinski definition) is 0. The Morgan fingerprint density at radius 3 is 2.33 bits per heavy atom. The van der Waals surface area contributed by atoms with Gasteiger partial charge >= 0.3 is 0 Å². The van der Waals surface area contributed by atoms with Crippen molar-refractivity contribution in [2.24, 2.45) is 0 Å². The summed E-state index contributed by atoms with van der Waals surface area (Å²) in [6, 6.07) is 1.61. The molecule has 5 heteroatoms. The van der Waals surface area contributed by atoms with E-state index in [2.05, 4.69) is 4.85 Å². The summed E-state index contributed by atoms with van der Waals surface area (Å²) in [5.41, 5.74) is -1.49. The Balaban J connectivity index is 3.62. The van der Waals surface area contributed by atoms with E-state index in [1.54, 1.807) is 6.07 Å². The van der Waals surface area contributed by atoms with Crippen LogP contribution in [0.25, 0.3) is 4.85 Å². The van der Waals surface area contributed by atoms with E-state index in [0.717, 1.165) is 0 Å². The van der Waals surface area contributed by atoms with Gasteiger partial charge in [0.1, 0.15) is 5.82 Å². The van der Waals surface area contributed by atoms with E-state index in [1.165, 1.54) is 6.92 Å². The lowest BCUT2D eigenvalue weighted by Gasteiger charge is -2.07. The molecule has 0 spiro atoms. The van der Waals surface area contributed by atoms with E-state index in [-0.39, 0.29) is 11.1 Å². The minimum absolute atomic E-state index is 0.193. The molecule has 0 aliphatic carbocycles. The molecular weight excluding hydrogens is 205 g/mol. The highest BCUT2D eigenvalue weighted by atomic mass is 19.2. The van der Waals surface area contributed by atoms with Crippen LogP contribution in [0.4, 0.5) is 18.9 Å². The van der Waals surface area contributed by atoms with Crippen LogP contribution in [0, 0.1) is 42.3 Å². The van der Waals surface area contributed by atoms with E-state index in [9.17, 15) is 13.2 Å². The summed E-state index contributed by atoms with van der Waals surface area (Å²) < 4.78 is 39.6. The second-order valence-corrected chi connectivity index (χ2v) is 2.84. The van der Waals surface area contributed by atoms with Crippen molar-refractivity contribution >= 4 is 5.69 Å². The maximum atomic E-state index is 13.3. The van der Waals surface area contributed by atoms with Gasteiger partial charge in [-0.1, -0.05) is 0 Å². The molecule has 0 aliphatic rings. The minimum atomic E-state index is -1.53. The van der Waals surface area contributed by atoms with Gasteiger partial charge in [0, 0.05) is 5.56 Å². The number of nitriles is 1. The summed E-state index contributed by atoms with van der Waals surface area (Å²) in [6.45, 7) is 7.71. The third-order valence-electron chi connectivity index (χ3n) is 2.02. The van der Waals surface area contributed by atoms with Gasteiger partial charge in [-0.05, 0) is 12.5 Å². The van der Waals surface area contributed by atoms with Crippen LogP contribution in [-0.4, -0.2) is 0 Å². The van der Waals surface area contributed by atoms with Crippen LogP contribution < -0.4 is 0 Å². The van der Waals surface area contributed by atoms with Crippen LogP contribution in [-0.2, 0) is 6.42 Å². The molecule has 1 aromatic carbocycles. The molecule has 0 bridgehead atoms. The number of halogens is 3. The Labute approximate surface area is 84.4 Å². The summed E-state index contributed by atoms with van der Waals surface area (Å²) in [5.74, 6) is -3.95. The molecule has 15 heavy (non-hydrogen) atoms. The predicted molar refractivity (Wildman–Crippen MR) is 46.6 cm³/mol. The molecule has 76 valence electrons. The molecule has 2 nitrogen and oxygen atoms in total. The van der Waals surface area contributed by atoms with E-state index in [4.69, 9.17) is 11.8 Å². The molecule has 1 aromatic rings. The standard InChI is InChI=1S/C10H5F3N2/c1-5-6(3-4-14)8(12)9(13)10(15-2)7(5)11/h3H2,1H3. The first-order valence-electron chi connectivity index (χ1n) is 3.94. The summed E-state index contributed by atoms with van der Waals surface area (Å²) in [5, 5.41) is 8.35. The smallest absolute Gasteiger partial charge is 0.232 e. The molecule has 0 aliphatic heterocycles. The molecule has 0 saturated heterocycles. The zero-order valence-electron chi connectivity index (χ0n) is 7.74. The second-order valence-electron chi connectivity index (χ2n) is 2.84. The summed E-state index contributed by atoms with van der Waals surface area (Å²) in [7, 11) is 0. The molecule has 0 aromatic heterocycles. The summed E-state index contributed by atoms with van der Waals surface area (Å²) in [6.07, 6.45) is -0.427. The van der Waals surface area contributed by atoms with Gasteiger partial charge in [-0.3, -0.25) is 0 Å². The van der Waals surface area contributed by atoms with Crippen molar-refractivity contribution in [1.82, 2.24) is 0 Å². The Hall–Kier alpha value is -2.01. The normalized spacial score (nSPS) is 9.47. The molecule has 0 amide bonds. The Kier molecular flexibility index (Phi) is 2.96. The monoisotopic (exact) mass is 210 g/mol. The van der Waals surface area contributed by atoms with Gasteiger partial charge in [0.2, 0.25) is 0 Å². The van der Waals surface area contributed by atoms with Crippen molar-refractivity contribution in [2.75, 3.05) is 0 Å². The highest BCUT2D eigenvalue weighted by Crippen LogP contribution is 2.30. The summed E-state index contributed by atoms with van der Waals surface area (Å²) >= 11 is 0. The molecule has 0 fully saturated rings. The van der Waals surface area contributed by atoms with Crippen LogP contribution >= 0.6 is 0 Å². The first-order chi connectivity index (χ1) is 7.04. The van der Waals surface area contributed by atoms with Crippen molar-refractivity contribution in [3.05, 3.63) is 40.0 Å². The Bertz CT molecular complexity index is 466. The molecule has 1 rings (SSSR count). The predicted octanol–water partition coefficient (Wildman–Crippen LogP) is 3.03. The van der Waals surface area contributed by atoms with Crippen molar-refractivity contribution in [2.45, 2.75) is 13.3 Å². The molecule has 0 radical (unpaired) electrons. The van der Waals surface area contributed by atoms with Crippen LogP contribution in [0.1, 0.15) is 11.1 Å². The SMILES string of the molecule is [C-]#[N+]c1c(F)c(C)c(CC#N)c(F)c1F. The number of nitrogens with zero attached hydrogens (tertiary/aromatic N) is 2. The zero-order valence-corrected chi connectivity index (χ0v) is 7.74. The minimum Gasteiger partial charge on any atom is -0.232 e. The number of benzene rings is 1. The van der Waals surface area contributed by atoms with Gasteiger partial charge in [-0.15, -0.1) is 0 Å². The van der Waals surface area contributed by atoms with Crippen LogP contribution in [0.15, 0.2) is 0 Å². The van der Waals surface area contributed by atoms with E-state index in [1.807, 2.05) is 0 Å². The average Bonchev–Trinajstić information content (AvgIpc) is 2.23. The van der Waals surface area contributed by atoms with Gasteiger partial charge in [-0.25, -0.2) is 18.0 Å². The average molecular weight is 210 g/mol. The van der Waals surface area contributed by atoms with Gasteiger partial charge in [0.15, 0.2) is 11.6 Å². The molecule has 0 unspecified atom stereocenters. The van der Waals surface area contributed by atoms with E-state index in [0.29, 0.717) is 0 Å². The molecule has 0 heterocycles. The first kappa shape index (κ1) is 11.1. The van der Waals surface area contributed by atoms with Crippen molar-refractivity contribution in [3.8, 4) is 6.07 Å². The maximum Gasteiger partial charge on any atom is 0.260 e. The maximum absolute atomic E-state index is 13.3. The van der Waals surface area contributed by atoms with Gasteiger partial charge < -0.3 is 0 Å². The first-order valence-corrected chi connectivity index (χ1v) is 3.94. The van der Waals surface area contributed by atoms with Gasteiger partial charge in [-0.2, -0.15) is 5.26 Å². The highest BCUT2D eigenvalue weighted by Gasteiger charge is 2.22. The van der Waals surface area contributed by atoms with Gasteiger partial charge in [0.25, 0.3) is 5.69 Å². The zero-order chi connectivity index (χ0) is 11.6. The number of rotatable bonds is 1. The Morgan fingerprint density at radius 1 is 1.27 bits per heavy atom. The van der Waals surface area contributed by atoms with E-state index >= 15 is 0 Å². The molecular formula is C10H5F3N2. The molecule has 0 atom stereocenters. The van der Waals surface area contributed by atoms with Crippen LogP contribution in [0.2, 0.25) is 0 Å². The van der Waals surface area contributed by atoms with Crippen LogP contribution in [0.5, 0.6) is 0 Å². The number of hydrogen-bond acceptors (Lipinski definition) is 1. The topological polar surface area (TPSA) is 28.1 Å². The lowest BCUT2D eigenvalue weighted by molar-refractivity contribution is 0.490. The lowest BCUT2D eigenvalue weighted by atomic mass is 10.0. The van der Waals surface area contributed by atoms with Crippen molar-refractivity contribution in [1.29, 1.82) is 5.26 Å². The second kappa shape index (κ2) is 4.02.